The minimum Gasteiger partial charge on any atom is -0.352 e. The summed E-state index contributed by atoms with van der Waals surface area (Å²) in [5, 5.41) is 6.23. The highest BCUT2D eigenvalue weighted by Gasteiger charge is 2.25. The number of nitrogens with zero attached hydrogens (tertiary/aromatic N) is 1. The molecule has 3 rings (SSSR count). The Bertz CT molecular complexity index is 872. The van der Waals surface area contributed by atoms with E-state index in [1.165, 1.54) is 30.2 Å². The maximum atomic E-state index is 13.6. The Morgan fingerprint density at radius 2 is 1.97 bits per heavy atom. The van der Waals surface area contributed by atoms with Crippen LogP contribution >= 0.6 is 12.6 Å². The molecule has 0 aliphatic heterocycles. The fourth-order valence-electron chi connectivity index (χ4n) is 4.03. The normalized spacial score (nSPS) is 17.8. The standard InChI is InChI=1S/C23H29F2N3OS/c1-3-15-9-19-20(26-12-15)5-4-6-21(19)27-13-23(30)22(28-14(2)29)10-16-7-17(24)11-18(25)8-16/h7-9,11-12,21-23,27,30H,3-6,10,13H2,1-2H3,(H,28,29)/t21?,22?,23-/m1/s1. The molecule has 0 fully saturated rings. The highest BCUT2D eigenvalue weighted by molar-refractivity contribution is 7.81. The summed E-state index contributed by atoms with van der Waals surface area (Å²) >= 11 is 4.71. The molecule has 4 nitrogen and oxygen atoms in total. The van der Waals surface area contributed by atoms with Gasteiger partial charge >= 0.3 is 0 Å². The van der Waals surface area contributed by atoms with Gasteiger partial charge in [-0.25, -0.2) is 8.78 Å². The van der Waals surface area contributed by atoms with Gasteiger partial charge in [0.2, 0.25) is 5.91 Å². The summed E-state index contributed by atoms with van der Waals surface area (Å²) in [5.41, 5.74) is 4.09. The monoisotopic (exact) mass is 433 g/mol. The average Bonchev–Trinajstić information content (AvgIpc) is 2.70. The van der Waals surface area contributed by atoms with Crippen LogP contribution in [0.2, 0.25) is 0 Å². The fourth-order valence-corrected chi connectivity index (χ4v) is 4.32. The fraction of sp³-hybridized carbons (Fsp3) is 0.478. The molecule has 0 saturated heterocycles. The minimum atomic E-state index is -0.626. The molecule has 0 radical (unpaired) electrons. The van der Waals surface area contributed by atoms with Crippen LogP contribution in [0, 0.1) is 11.6 Å². The van der Waals surface area contributed by atoms with E-state index in [0.717, 1.165) is 37.4 Å². The smallest absolute Gasteiger partial charge is 0.217 e. The molecule has 30 heavy (non-hydrogen) atoms. The second-order valence-electron chi connectivity index (χ2n) is 7.94. The number of pyridine rings is 1. The number of hydrogen-bond donors (Lipinski definition) is 3. The minimum absolute atomic E-state index is 0.187. The van der Waals surface area contributed by atoms with Crippen LogP contribution < -0.4 is 10.6 Å². The molecule has 0 bridgehead atoms. The van der Waals surface area contributed by atoms with Crippen molar-refractivity contribution in [1.29, 1.82) is 0 Å². The van der Waals surface area contributed by atoms with Gasteiger partial charge in [0.25, 0.3) is 0 Å². The molecule has 2 unspecified atom stereocenters. The van der Waals surface area contributed by atoms with Crippen molar-refractivity contribution in [3.8, 4) is 0 Å². The summed E-state index contributed by atoms with van der Waals surface area (Å²) in [6.07, 6.45) is 6.26. The first-order valence-corrected chi connectivity index (χ1v) is 11.0. The number of aromatic nitrogens is 1. The molecule has 1 aliphatic rings. The largest absolute Gasteiger partial charge is 0.352 e. The van der Waals surface area contributed by atoms with Crippen molar-refractivity contribution in [2.45, 2.75) is 63.3 Å². The summed E-state index contributed by atoms with van der Waals surface area (Å²) in [4.78, 5) is 16.3. The first-order valence-electron chi connectivity index (χ1n) is 10.5. The Labute approximate surface area is 182 Å². The number of carbonyl (C=O) groups is 1. The molecule has 162 valence electrons. The van der Waals surface area contributed by atoms with Crippen LogP contribution in [0.3, 0.4) is 0 Å². The van der Waals surface area contributed by atoms with Gasteiger partial charge in [0.1, 0.15) is 11.6 Å². The van der Waals surface area contributed by atoms with Crippen molar-refractivity contribution in [1.82, 2.24) is 15.6 Å². The van der Waals surface area contributed by atoms with E-state index in [0.29, 0.717) is 18.5 Å². The maximum absolute atomic E-state index is 13.6. The summed E-state index contributed by atoms with van der Waals surface area (Å²) in [6.45, 7) is 4.10. The van der Waals surface area contributed by atoms with Gasteiger partial charge in [-0.1, -0.05) is 13.0 Å². The lowest BCUT2D eigenvalue weighted by Crippen LogP contribution is -2.46. The van der Waals surface area contributed by atoms with E-state index in [1.54, 1.807) is 0 Å². The predicted octanol–water partition coefficient (Wildman–Crippen LogP) is 3.94. The molecule has 7 heteroatoms. The van der Waals surface area contributed by atoms with E-state index in [1.807, 2.05) is 6.20 Å². The molecule has 2 N–H and O–H groups in total. The number of nitrogens with one attached hydrogen (secondary N) is 2. The molecule has 1 aromatic heterocycles. The molecular weight excluding hydrogens is 404 g/mol. The zero-order valence-corrected chi connectivity index (χ0v) is 18.3. The summed E-state index contributed by atoms with van der Waals surface area (Å²) < 4.78 is 27.1. The zero-order chi connectivity index (χ0) is 21.7. The second kappa shape index (κ2) is 10.4. The lowest BCUT2D eigenvalue weighted by atomic mass is 9.90. The molecule has 0 spiro atoms. The van der Waals surface area contributed by atoms with Crippen LogP contribution in [0.25, 0.3) is 0 Å². The molecule has 1 aliphatic carbocycles. The number of rotatable bonds is 8. The van der Waals surface area contributed by atoms with Gasteiger partial charge in [0.15, 0.2) is 0 Å². The van der Waals surface area contributed by atoms with Crippen LogP contribution in [0.4, 0.5) is 8.78 Å². The van der Waals surface area contributed by atoms with Crippen molar-refractivity contribution in [2.75, 3.05) is 6.54 Å². The van der Waals surface area contributed by atoms with Gasteiger partial charge in [-0.15, -0.1) is 0 Å². The lowest BCUT2D eigenvalue weighted by Gasteiger charge is -2.30. The van der Waals surface area contributed by atoms with E-state index in [-0.39, 0.29) is 23.2 Å². The van der Waals surface area contributed by atoms with E-state index < -0.39 is 11.6 Å². The average molecular weight is 434 g/mol. The Morgan fingerprint density at radius 1 is 1.23 bits per heavy atom. The molecule has 1 heterocycles. The van der Waals surface area contributed by atoms with Gasteiger partial charge in [-0.05, 0) is 60.9 Å². The number of carbonyl (C=O) groups excluding carboxylic acids is 1. The summed E-state index contributed by atoms with van der Waals surface area (Å²) in [6, 6.07) is 5.49. The molecule has 3 atom stereocenters. The Balaban J connectivity index is 1.69. The molecule has 2 aromatic rings. The van der Waals surface area contributed by atoms with Crippen molar-refractivity contribution >= 4 is 18.5 Å². The van der Waals surface area contributed by atoms with Crippen molar-refractivity contribution in [2.24, 2.45) is 0 Å². The highest BCUT2D eigenvalue weighted by Crippen LogP contribution is 2.29. The SMILES string of the molecule is CCc1cnc2c(c1)C(NC[C@@H](S)C(Cc1cc(F)cc(F)c1)NC(C)=O)CCC2. The summed E-state index contributed by atoms with van der Waals surface area (Å²) in [7, 11) is 0. The first-order chi connectivity index (χ1) is 14.4. The second-order valence-corrected chi connectivity index (χ2v) is 8.61. The quantitative estimate of drug-likeness (QED) is 0.553. The molecular formula is C23H29F2N3OS. The predicted molar refractivity (Wildman–Crippen MR) is 118 cm³/mol. The number of amides is 1. The van der Waals surface area contributed by atoms with Crippen LogP contribution in [0.1, 0.15) is 55.1 Å². The third kappa shape index (κ3) is 6.01. The van der Waals surface area contributed by atoms with E-state index >= 15 is 0 Å². The molecule has 1 aromatic carbocycles. The maximum Gasteiger partial charge on any atom is 0.217 e. The summed E-state index contributed by atoms with van der Waals surface area (Å²) in [5.74, 6) is -1.45. The van der Waals surface area contributed by atoms with Gasteiger partial charge in [-0.3, -0.25) is 9.78 Å². The number of halogens is 2. The van der Waals surface area contributed by atoms with Crippen molar-refractivity contribution in [3.05, 3.63) is 64.5 Å². The number of fused-ring (bicyclic) bond motifs is 1. The van der Waals surface area contributed by atoms with Crippen LogP contribution in [-0.2, 0) is 24.1 Å². The van der Waals surface area contributed by atoms with Crippen molar-refractivity contribution < 1.29 is 13.6 Å². The topological polar surface area (TPSA) is 54.0 Å². The van der Waals surface area contributed by atoms with E-state index in [4.69, 9.17) is 12.6 Å². The number of benzene rings is 1. The van der Waals surface area contributed by atoms with Gasteiger partial charge in [-0.2, -0.15) is 12.6 Å². The zero-order valence-electron chi connectivity index (χ0n) is 17.4. The Hall–Kier alpha value is -1.99. The molecule has 1 amide bonds. The Morgan fingerprint density at radius 3 is 2.63 bits per heavy atom. The van der Waals surface area contributed by atoms with Gasteiger partial charge in [0.05, 0.1) is 0 Å². The number of thiol groups is 1. The van der Waals surface area contributed by atoms with Crippen molar-refractivity contribution in [3.63, 3.8) is 0 Å². The third-order valence-electron chi connectivity index (χ3n) is 5.55. The van der Waals surface area contributed by atoms with Crippen LogP contribution in [0.15, 0.2) is 30.5 Å². The van der Waals surface area contributed by atoms with Crippen LogP contribution in [-0.4, -0.2) is 28.7 Å². The Kier molecular flexibility index (Phi) is 7.83. The number of hydrogen-bond acceptors (Lipinski definition) is 4. The highest BCUT2D eigenvalue weighted by atomic mass is 32.1. The van der Waals surface area contributed by atoms with E-state index in [9.17, 15) is 13.6 Å². The van der Waals surface area contributed by atoms with Gasteiger partial charge in [0, 0.05) is 48.8 Å². The van der Waals surface area contributed by atoms with Gasteiger partial charge < -0.3 is 10.6 Å². The van der Waals surface area contributed by atoms with E-state index in [2.05, 4.69) is 28.6 Å². The third-order valence-corrected chi connectivity index (χ3v) is 6.10. The molecule has 0 saturated carbocycles. The first kappa shape index (κ1) is 22.7. The lowest BCUT2D eigenvalue weighted by molar-refractivity contribution is -0.119. The number of aryl methyl sites for hydroxylation is 2. The van der Waals surface area contributed by atoms with Crippen LogP contribution in [0.5, 0.6) is 0 Å².